The average Bonchev–Trinajstić information content (AvgIpc) is 2.75. The van der Waals surface area contributed by atoms with Crippen molar-refractivity contribution >= 4 is 44.8 Å². The van der Waals surface area contributed by atoms with Gasteiger partial charge in [-0.05, 0) is 54.4 Å². The van der Waals surface area contributed by atoms with Gasteiger partial charge in [-0.3, -0.25) is 4.79 Å². The van der Waals surface area contributed by atoms with E-state index in [1.807, 2.05) is 13.0 Å². The topological polar surface area (TPSA) is 75.7 Å². The van der Waals surface area contributed by atoms with Crippen LogP contribution in [0, 0.1) is 6.92 Å². The Balaban J connectivity index is 1.92. The fourth-order valence-corrected chi connectivity index (χ4v) is 4.94. The minimum atomic E-state index is -3.99. The molecule has 1 N–H and O–H groups in total. The molecule has 3 rings (SSSR count). The monoisotopic (exact) mass is 492 g/mol. The van der Waals surface area contributed by atoms with Gasteiger partial charge in [-0.1, -0.05) is 53.5 Å². The van der Waals surface area contributed by atoms with Crippen LogP contribution < -0.4 is 10.1 Å². The molecule has 168 valence electrons. The lowest BCUT2D eigenvalue weighted by atomic mass is 10.2. The molecule has 3 aromatic carbocycles. The SMILES string of the molecule is COc1ccc(C)cc1NC(=O)CN(Cc1ccc(Cl)cc1Cl)S(=O)(=O)c1ccccc1. The van der Waals surface area contributed by atoms with Gasteiger partial charge < -0.3 is 10.1 Å². The number of aryl methyl sites for hydroxylation is 1. The third-order valence-electron chi connectivity index (χ3n) is 4.69. The van der Waals surface area contributed by atoms with Gasteiger partial charge >= 0.3 is 0 Å². The summed E-state index contributed by atoms with van der Waals surface area (Å²) < 4.78 is 33.0. The largest absolute Gasteiger partial charge is 0.495 e. The van der Waals surface area contributed by atoms with Crippen molar-refractivity contribution < 1.29 is 17.9 Å². The Bertz CT molecular complexity index is 1220. The highest BCUT2D eigenvalue weighted by atomic mass is 35.5. The first-order valence-corrected chi connectivity index (χ1v) is 11.8. The van der Waals surface area contributed by atoms with Crippen LogP contribution in [0.3, 0.4) is 0 Å². The molecular weight excluding hydrogens is 471 g/mol. The predicted octanol–water partition coefficient (Wildman–Crippen LogP) is 5.14. The summed E-state index contributed by atoms with van der Waals surface area (Å²) in [5.74, 6) is -0.0411. The van der Waals surface area contributed by atoms with Crippen LogP contribution in [0.25, 0.3) is 0 Å². The number of carbonyl (C=O) groups is 1. The zero-order valence-corrected chi connectivity index (χ0v) is 19.8. The summed E-state index contributed by atoms with van der Waals surface area (Å²) in [5, 5.41) is 3.48. The number of anilines is 1. The number of halogens is 2. The first kappa shape index (κ1) is 24.1. The molecular formula is C23H22Cl2N2O4S. The van der Waals surface area contributed by atoms with Crippen LogP contribution in [0.4, 0.5) is 5.69 Å². The number of nitrogens with one attached hydrogen (secondary N) is 1. The van der Waals surface area contributed by atoms with Gasteiger partial charge in [0, 0.05) is 16.6 Å². The summed E-state index contributed by atoms with van der Waals surface area (Å²) in [6, 6.07) is 18.0. The zero-order chi connectivity index (χ0) is 23.3. The van der Waals surface area contributed by atoms with Gasteiger partial charge in [0.15, 0.2) is 0 Å². The number of methoxy groups -OCH3 is 1. The summed E-state index contributed by atoms with van der Waals surface area (Å²) >= 11 is 12.2. The van der Waals surface area contributed by atoms with E-state index >= 15 is 0 Å². The molecule has 0 fully saturated rings. The molecule has 3 aromatic rings. The molecule has 9 heteroatoms. The molecule has 0 bridgehead atoms. The number of hydrogen-bond donors (Lipinski definition) is 1. The fourth-order valence-electron chi connectivity index (χ4n) is 3.08. The zero-order valence-electron chi connectivity index (χ0n) is 17.5. The van der Waals surface area contributed by atoms with Crippen LogP contribution in [-0.4, -0.2) is 32.3 Å². The van der Waals surface area contributed by atoms with Gasteiger partial charge in [-0.25, -0.2) is 8.42 Å². The maximum atomic E-state index is 13.3. The number of hydrogen-bond acceptors (Lipinski definition) is 4. The van der Waals surface area contributed by atoms with Gasteiger partial charge in [0.05, 0.1) is 24.2 Å². The van der Waals surface area contributed by atoms with Crippen LogP contribution in [0.15, 0.2) is 71.6 Å². The van der Waals surface area contributed by atoms with E-state index < -0.39 is 22.5 Å². The molecule has 0 saturated heterocycles. The second-order valence-electron chi connectivity index (χ2n) is 7.07. The summed E-state index contributed by atoms with van der Waals surface area (Å²) in [5.41, 5.74) is 1.90. The molecule has 0 spiro atoms. The minimum absolute atomic E-state index is 0.0750. The average molecular weight is 493 g/mol. The normalized spacial score (nSPS) is 11.4. The van der Waals surface area contributed by atoms with Gasteiger partial charge in [0.25, 0.3) is 0 Å². The molecule has 0 heterocycles. The van der Waals surface area contributed by atoms with Gasteiger partial charge in [0.1, 0.15) is 5.75 Å². The van der Waals surface area contributed by atoms with E-state index in [2.05, 4.69) is 5.32 Å². The Morgan fingerprint density at radius 3 is 2.41 bits per heavy atom. The van der Waals surface area contributed by atoms with Crippen molar-refractivity contribution in [2.75, 3.05) is 19.0 Å². The highest BCUT2D eigenvalue weighted by Crippen LogP contribution is 2.27. The second kappa shape index (κ2) is 10.4. The van der Waals surface area contributed by atoms with Crippen LogP contribution >= 0.6 is 23.2 Å². The maximum absolute atomic E-state index is 13.3. The third kappa shape index (κ3) is 5.81. The number of amides is 1. The first-order valence-electron chi connectivity index (χ1n) is 9.64. The first-order chi connectivity index (χ1) is 15.2. The van der Waals surface area contributed by atoms with Crippen molar-refractivity contribution in [1.82, 2.24) is 4.31 Å². The van der Waals surface area contributed by atoms with E-state index in [1.165, 1.54) is 25.3 Å². The van der Waals surface area contributed by atoms with E-state index in [0.29, 0.717) is 27.0 Å². The lowest BCUT2D eigenvalue weighted by molar-refractivity contribution is -0.116. The molecule has 0 aromatic heterocycles. The maximum Gasteiger partial charge on any atom is 0.243 e. The fraction of sp³-hybridized carbons (Fsp3) is 0.174. The summed E-state index contributed by atoms with van der Waals surface area (Å²) in [7, 11) is -2.49. The number of sulfonamides is 1. The number of nitrogens with zero attached hydrogens (tertiary/aromatic N) is 1. The molecule has 0 atom stereocenters. The smallest absolute Gasteiger partial charge is 0.243 e. The Morgan fingerprint density at radius 2 is 1.75 bits per heavy atom. The van der Waals surface area contributed by atoms with E-state index in [1.54, 1.807) is 42.5 Å². The molecule has 1 amide bonds. The van der Waals surface area contributed by atoms with E-state index in [-0.39, 0.29) is 11.4 Å². The molecule has 0 aliphatic rings. The number of benzene rings is 3. The van der Waals surface area contributed by atoms with Crippen LogP contribution in [0.1, 0.15) is 11.1 Å². The van der Waals surface area contributed by atoms with Crippen LogP contribution in [0.2, 0.25) is 10.0 Å². The molecule has 0 aliphatic carbocycles. The standard InChI is InChI=1S/C23H22Cl2N2O4S/c1-16-8-11-22(31-2)21(12-16)26-23(28)15-27(14-17-9-10-18(24)13-20(17)25)32(29,30)19-6-4-3-5-7-19/h3-13H,14-15H2,1-2H3,(H,26,28). The van der Waals surface area contributed by atoms with E-state index in [0.717, 1.165) is 9.87 Å². The van der Waals surface area contributed by atoms with Crippen molar-refractivity contribution in [3.63, 3.8) is 0 Å². The minimum Gasteiger partial charge on any atom is -0.495 e. The lowest BCUT2D eigenvalue weighted by Gasteiger charge is -2.23. The van der Waals surface area contributed by atoms with Crippen LogP contribution in [-0.2, 0) is 21.4 Å². The van der Waals surface area contributed by atoms with Gasteiger partial charge in [0.2, 0.25) is 15.9 Å². The highest BCUT2D eigenvalue weighted by molar-refractivity contribution is 7.89. The summed E-state index contributed by atoms with van der Waals surface area (Å²) in [6.45, 7) is 1.35. The van der Waals surface area contributed by atoms with Crippen molar-refractivity contribution in [1.29, 1.82) is 0 Å². The third-order valence-corrected chi connectivity index (χ3v) is 7.08. The number of carbonyl (C=O) groups excluding carboxylic acids is 1. The van der Waals surface area contributed by atoms with Crippen LogP contribution in [0.5, 0.6) is 5.75 Å². The van der Waals surface area contributed by atoms with E-state index in [9.17, 15) is 13.2 Å². The Morgan fingerprint density at radius 1 is 1.03 bits per heavy atom. The van der Waals surface area contributed by atoms with E-state index in [4.69, 9.17) is 27.9 Å². The molecule has 32 heavy (non-hydrogen) atoms. The Hall–Kier alpha value is -2.58. The molecule has 6 nitrogen and oxygen atoms in total. The number of rotatable bonds is 8. The molecule has 0 aliphatic heterocycles. The second-order valence-corrected chi connectivity index (χ2v) is 9.86. The van der Waals surface area contributed by atoms with Crippen molar-refractivity contribution in [2.24, 2.45) is 0 Å². The highest BCUT2D eigenvalue weighted by Gasteiger charge is 2.28. The Kier molecular flexibility index (Phi) is 7.79. The van der Waals surface area contributed by atoms with Crippen molar-refractivity contribution in [2.45, 2.75) is 18.4 Å². The summed E-state index contributed by atoms with van der Waals surface area (Å²) in [4.78, 5) is 13.0. The Labute approximate surface area is 197 Å². The lowest BCUT2D eigenvalue weighted by Crippen LogP contribution is -2.37. The quantitative estimate of drug-likeness (QED) is 0.472. The summed E-state index contributed by atoms with van der Waals surface area (Å²) in [6.07, 6.45) is 0. The van der Waals surface area contributed by atoms with Crippen molar-refractivity contribution in [3.8, 4) is 5.75 Å². The molecule has 0 radical (unpaired) electrons. The molecule has 0 unspecified atom stereocenters. The predicted molar refractivity (Wildman–Crippen MR) is 127 cm³/mol. The van der Waals surface area contributed by atoms with Crippen molar-refractivity contribution in [3.05, 3.63) is 87.9 Å². The van der Waals surface area contributed by atoms with Gasteiger partial charge in [-0.2, -0.15) is 4.31 Å². The number of ether oxygens (including phenoxy) is 1. The molecule has 0 saturated carbocycles. The van der Waals surface area contributed by atoms with Gasteiger partial charge in [-0.15, -0.1) is 0 Å².